The third-order valence-electron chi connectivity index (χ3n) is 3.72. The summed E-state index contributed by atoms with van der Waals surface area (Å²) in [4.78, 5) is 11.2. The first-order chi connectivity index (χ1) is 9.76. The number of hydrogen-bond acceptors (Lipinski definition) is 3. The van der Waals surface area contributed by atoms with Crippen LogP contribution in [0.5, 0.6) is 0 Å². The highest BCUT2D eigenvalue weighted by Gasteiger charge is 2.16. The summed E-state index contributed by atoms with van der Waals surface area (Å²) in [5, 5.41) is 0.532. The topological polar surface area (TPSA) is 29.0 Å². The molecule has 1 aliphatic heterocycles. The number of rotatable bonds is 2. The molecule has 0 atom stereocenters. The van der Waals surface area contributed by atoms with Gasteiger partial charge in [-0.3, -0.25) is 0 Å². The first-order valence-electron chi connectivity index (χ1n) is 7.11. The maximum Gasteiger partial charge on any atom is 0.134 e. The van der Waals surface area contributed by atoms with Crippen molar-refractivity contribution in [3.8, 4) is 0 Å². The molecule has 0 saturated heterocycles. The molecule has 1 aromatic heterocycles. The van der Waals surface area contributed by atoms with Gasteiger partial charge in [0.2, 0.25) is 0 Å². The van der Waals surface area contributed by atoms with Crippen molar-refractivity contribution < 1.29 is 0 Å². The lowest BCUT2D eigenvalue weighted by Crippen LogP contribution is -2.24. The van der Waals surface area contributed by atoms with Gasteiger partial charge in [0, 0.05) is 25.6 Å². The fourth-order valence-electron chi connectivity index (χ4n) is 2.67. The van der Waals surface area contributed by atoms with E-state index in [1.165, 1.54) is 11.1 Å². The number of anilines is 1. The molecule has 1 aromatic carbocycles. The van der Waals surface area contributed by atoms with Crippen LogP contribution >= 0.6 is 11.6 Å². The Labute approximate surface area is 124 Å². The Balaban J connectivity index is 1.93. The molecule has 0 aliphatic carbocycles. The average Bonchev–Trinajstić information content (AvgIpc) is 2.68. The number of aromatic nitrogens is 2. The van der Waals surface area contributed by atoms with Gasteiger partial charge in [0.05, 0.1) is 0 Å². The predicted octanol–water partition coefficient (Wildman–Crippen LogP) is 3.65. The zero-order valence-electron chi connectivity index (χ0n) is 11.6. The molecule has 0 N–H and O–H groups in total. The van der Waals surface area contributed by atoms with Crippen LogP contribution in [0.4, 0.5) is 5.82 Å². The van der Waals surface area contributed by atoms with E-state index in [0.717, 1.165) is 44.0 Å². The molecule has 0 unspecified atom stereocenters. The fourth-order valence-corrected chi connectivity index (χ4v) is 2.86. The number of fused-ring (bicyclic) bond motifs is 1. The minimum Gasteiger partial charge on any atom is -0.352 e. The van der Waals surface area contributed by atoms with Gasteiger partial charge in [-0.2, -0.15) is 0 Å². The third-order valence-corrected chi connectivity index (χ3v) is 3.92. The number of aryl methyl sites for hydroxylation is 2. The number of benzene rings is 1. The molecule has 1 aliphatic rings. The van der Waals surface area contributed by atoms with E-state index in [9.17, 15) is 0 Å². The van der Waals surface area contributed by atoms with E-state index in [1.54, 1.807) is 0 Å². The lowest BCUT2D eigenvalue weighted by molar-refractivity contribution is 0.746. The third kappa shape index (κ3) is 2.78. The lowest BCUT2D eigenvalue weighted by atomic mass is 10.0. The minimum absolute atomic E-state index is 0.532. The molecule has 0 fully saturated rings. The van der Waals surface area contributed by atoms with Crippen LogP contribution in [-0.4, -0.2) is 16.5 Å². The second-order valence-electron chi connectivity index (χ2n) is 5.11. The van der Waals surface area contributed by atoms with Gasteiger partial charge in [-0.05, 0) is 24.0 Å². The van der Waals surface area contributed by atoms with Crippen molar-refractivity contribution in [2.45, 2.75) is 32.7 Å². The summed E-state index contributed by atoms with van der Waals surface area (Å²) in [5.41, 5.74) is 2.84. The summed E-state index contributed by atoms with van der Waals surface area (Å²) in [6.07, 6.45) is 3.07. The molecule has 2 heterocycles. The van der Waals surface area contributed by atoms with Crippen molar-refractivity contribution >= 4 is 17.4 Å². The normalized spacial score (nSPS) is 14.8. The predicted molar refractivity (Wildman–Crippen MR) is 82.2 cm³/mol. The summed E-state index contributed by atoms with van der Waals surface area (Å²) in [5.74, 6) is 1.75. The summed E-state index contributed by atoms with van der Waals surface area (Å²) in [7, 11) is 0. The Hall–Kier alpha value is -1.61. The molecule has 4 heteroatoms. The maximum atomic E-state index is 6.11. The maximum absolute atomic E-state index is 6.11. The molecule has 3 nitrogen and oxygen atoms in total. The van der Waals surface area contributed by atoms with E-state index in [1.807, 2.05) is 13.0 Å². The van der Waals surface area contributed by atoms with E-state index in [2.05, 4.69) is 39.1 Å². The van der Waals surface area contributed by atoms with Crippen LogP contribution < -0.4 is 4.90 Å². The van der Waals surface area contributed by atoms with Gasteiger partial charge in [-0.25, -0.2) is 9.97 Å². The van der Waals surface area contributed by atoms with Crippen LogP contribution in [0.1, 0.15) is 30.3 Å². The quantitative estimate of drug-likeness (QED) is 0.790. The van der Waals surface area contributed by atoms with Crippen molar-refractivity contribution in [2.24, 2.45) is 0 Å². The Morgan fingerprint density at radius 2 is 2.00 bits per heavy atom. The molecular formula is C16H18ClN3. The number of hydrogen-bond donors (Lipinski definition) is 0. The van der Waals surface area contributed by atoms with Crippen LogP contribution in [0.25, 0.3) is 0 Å². The number of halogens is 1. The molecule has 0 radical (unpaired) electrons. The van der Waals surface area contributed by atoms with E-state index >= 15 is 0 Å². The molecule has 3 rings (SSSR count). The van der Waals surface area contributed by atoms with Crippen LogP contribution in [0.15, 0.2) is 30.3 Å². The van der Waals surface area contributed by atoms with Gasteiger partial charge < -0.3 is 4.90 Å². The zero-order valence-corrected chi connectivity index (χ0v) is 12.4. The van der Waals surface area contributed by atoms with Gasteiger partial charge in [-0.15, -0.1) is 0 Å². The van der Waals surface area contributed by atoms with Gasteiger partial charge in [0.15, 0.2) is 0 Å². The second kappa shape index (κ2) is 5.80. The summed E-state index contributed by atoms with van der Waals surface area (Å²) in [6.45, 7) is 3.95. The second-order valence-corrected chi connectivity index (χ2v) is 5.50. The van der Waals surface area contributed by atoms with E-state index in [4.69, 9.17) is 11.6 Å². The van der Waals surface area contributed by atoms with E-state index in [-0.39, 0.29) is 0 Å². The molecule has 20 heavy (non-hydrogen) atoms. The van der Waals surface area contributed by atoms with Crippen molar-refractivity contribution in [1.82, 2.24) is 9.97 Å². The monoisotopic (exact) mass is 287 g/mol. The molecule has 2 aromatic rings. The van der Waals surface area contributed by atoms with Gasteiger partial charge in [-0.1, -0.05) is 42.8 Å². The first-order valence-corrected chi connectivity index (χ1v) is 7.49. The van der Waals surface area contributed by atoms with Crippen molar-refractivity contribution in [1.29, 1.82) is 0 Å². The molecular weight excluding hydrogens is 270 g/mol. The van der Waals surface area contributed by atoms with E-state index in [0.29, 0.717) is 5.15 Å². The van der Waals surface area contributed by atoms with Gasteiger partial charge in [0.25, 0.3) is 0 Å². The van der Waals surface area contributed by atoms with Crippen LogP contribution in [0, 0.1) is 0 Å². The van der Waals surface area contributed by atoms with Crippen LogP contribution in [0.2, 0.25) is 5.15 Å². The number of nitrogens with zero attached hydrogens (tertiary/aromatic N) is 3. The Morgan fingerprint density at radius 1 is 1.20 bits per heavy atom. The van der Waals surface area contributed by atoms with Gasteiger partial charge in [0.1, 0.15) is 16.8 Å². The molecule has 104 valence electrons. The van der Waals surface area contributed by atoms with Crippen LogP contribution in [-0.2, 0) is 19.4 Å². The van der Waals surface area contributed by atoms with Crippen molar-refractivity contribution in [3.63, 3.8) is 0 Å². The summed E-state index contributed by atoms with van der Waals surface area (Å²) in [6, 6.07) is 10.5. The first kappa shape index (κ1) is 13.4. The smallest absolute Gasteiger partial charge is 0.134 e. The average molecular weight is 288 g/mol. The highest BCUT2D eigenvalue weighted by Crippen LogP contribution is 2.24. The molecule has 0 spiro atoms. The van der Waals surface area contributed by atoms with Crippen molar-refractivity contribution in [2.75, 3.05) is 11.4 Å². The Bertz CT molecular complexity index is 612. The van der Waals surface area contributed by atoms with Crippen molar-refractivity contribution in [3.05, 3.63) is 52.4 Å². The lowest BCUT2D eigenvalue weighted by Gasteiger charge is -2.22. The molecule has 0 bridgehead atoms. The Kier molecular flexibility index (Phi) is 3.88. The minimum atomic E-state index is 0.532. The standard InChI is InChI=1S/C16H18ClN3/c1-2-15-18-14(17)10-16(19-15)20-9-5-8-12-6-3-4-7-13(12)11-20/h3-4,6-7,10H,2,5,8-9,11H2,1H3. The SMILES string of the molecule is CCc1nc(Cl)cc(N2CCCc3ccccc3C2)n1. The van der Waals surface area contributed by atoms with Crippen LogP contribution in [0.3, 0.4) is 0 Å². The Morgan fingerprint density at radius 3 is 2.80 bits per heavy atom. The fraction of sp³-hybridized carbons (Fsp3) is 0.375. The van der Waals surface area contributed by atoms with Gasteiger partial charge >= 0.3 is 0 Å². The molecule has 0 amide bonds. The summed E-state index contributed by atoms with van der Waals surface area (Å²) >= 11 is 6.11. The highest BCUT2D eigenvalue weighted by atomic mass is 35.5. The zero-order chi connectivity index (χ0) is 13.9. The molecule has 0 saturated carbocycles. The van der Waals surface area contributed by atoms with E-state index < -0.39 is 0 Å². The summed E-state index contributed by atoms with van der Waals surface area (Å²) < 4.78 is 0. The highest BCUT2D eigenvalue weighted by molar-refractivity contribution is 6.29. The largest absolute Gasteiger partial charge is 0.352 e.